The Morgan fingerprint density at radius 2 is 2.25 bits per heavy atom. The molecule has 0 unspecified atom stereocenters. The van der Waals surface area contributed by atoms with Crippen molar-refractivity contribution in [3.63, 3.8) is 0 Å². The molecule has 2 aromatic rings. The average molecular weight is 217 g/mol. The van der Waals surface area contributed by atoms with Crippen LogP contribution in [0.5, 0.6) is 0 Å². The molecule has 5 nitrogen and oxygen atoms in total. The van der Waals surface area contributed by atoms with Gasteiger partial charge in [-0.3, -0.25) is 0 Å². The molecule has 1 aromatic carbocycles. The van der Waals surface area contributed by atoms with Gasteiger partial charge >= 0.3 is 5.97 Å². The molecule has 0 aliphatic rings. The minimum atomic E-state index is -1.00. The molecule has 0 aliphatic carbocycles. The highest BCUT2D eigenvalue weighted by Gasteiger charge is 2.12. The summed E-state index contributed by atoms with van der Waals surface area (Å²) in [5.74, 6) is -0.275. The van der Waals surface area contributed by atoms with Crippen molar-refractivity contribution in [2.45, 2.75) is 6.92 Å². The SMILES string of the molecule is Cc1nccn1-c1ccc(N)cc1C(=O)O. The van der Waals surface area contributed by atoms with E-state index < -0.39 is 5.97 Å². The van der Waals surface area contributed by atoms with Gasteiger partial charge in [-0.2, -0.15) is 0 Å². The summed E-state index contributed by atoms with van der Waals surface area (Å²) in [6, 6.07) is 4.78. The van der Waals surface area contributed by atoms with Crippen molar-refractivity contribution in [3.05, 3.63) is 42.0 Å². The molecule has 5 heteroatoms. The number of aryl methyl sites for hydroxylation is 1. The smallest absolute Gasteiger partial charge is 0.337 e. The first-order chi connectivity index (χ1) is 7.59. The van der Waals surface area contributed by atoms with Crippen LogP contribution in [0, 0.1) is 6.92 Å². The second kappa shape index (κ2) is 3.69. The molecule has 2 rings (SSSR count). The van der Waals surface area contributed by atoms with Gasteiger partial charge in [-0.25, -0.2) is 9.78 Å². The number of aromatic carboxylic acids is 1. The Balaban J connectivity index is 2.65. The topological polar surface area (TPSA) is 81.1 Å². The number of carbonyl (C=O) groups is 1. The summed E-state index contributed by atoms with van der Waals surface area (Å²) in [6.45, 7) is 1.81. The largest absolute Gasteiger partial charge is 0.478 e. The number of aromatic nitrogens is 2. The molecule has 0 saturated carbocycles. The lowest BCUT2D eigenvalue weighted by Gasteiger charge is -2.09. The van der Waals surface area contributed by atoms with Crippen LogP contribution in [0.4, 0.5) is 5.69 Å². The molecule has 0 radical (unpaired) electrons. The number of nitrogens with two attached hydrogens (primary N) is 1. The van der Waals surface area contributed by atoms with Gasteiger partial charge in [0.25, 0.3) is 0 Å². The number of hydrogen-bond donors (Lipinski definition) is 2. The van der Waals surface area contributed by atoms with Gasteiger partial charge in [-0.15, -0.1) is 0 Å². The number of nitrogen functional groups attached to an aromatic ring is 1. The summed E-state index contributed by atoms with van der Waals surface area (Å²) < 4.78 is 1.71. The van der Waals surface area contributed by atoms with Gasteiger partial charge in [0, 0.05) is 18.1 Å². The zero-order valence-electron chi connectivity index (χ0n) is 8.71. The first-order valence-electron chi connectivity index (χ1n) is 4.72. The Labute approximate surface area is 92.2 Å². The Kier molecular flexibility index (Phi) is 2.36. The molecule has 16 heavy (non-hydrogen) atoms. The standard InChI is InChI=1S/C11H11N3O2/c1-7-13-4-5-14(7)10-3-2-8(12)6-9(10)11(15)16/h2-6H,12H2,1H3,(H,15,16). The van der Waals surface area contributed by atoms with Gasteiger partial charge in [-0.05, 0) is 25.1 Å². The second-order valence-corrected chi connectivity index (χ2v) is 3.43. The molecule has 0 atom stereocenters. The van der Waals surface area contributed by atoms with Crippen LogP contribution >= 0.6 is 0 Å². The third-order valence-electron chi connectivity index (χ3n) is 2.34. The number of imidazole rings is 1. The van der Waals surface area contributed by atoms with Gasteiger partial charge in [0.15, 0.2) is 0 Å². The number of carboxylic acid groups (broad SMARTS) is 1. The Hall–Kier alpha value is -2.30. The molecular formula is C11H11N3O2. The fraction of sp³-hybridized carbons (Fsp3) is 0.0909. The van der Waals surface area contributed by atoms with E-state index in [1.165, 1.54) is 6.07 Å². The molecule has 0 fully saturated rings. The molecule has 0 amide bonds. The number of nitrogens with zero attached hydrogens (tertiary/aromatic N) is 2. The highest BCUT2D eigenvalue weighted by molar-refractivity contribution is 5.93. The first-order valence-corrected chi connectivity index (χ1v) is 4.72. The molecule has 0 aliphatic heterocycles. The van der Waals surface area contributed by atoms with E-state index in [1.807, 2.05) is 6.92 Å². The molecule has 1 heterocycles. The van der Waals surface area contributed by atoms with Crippen molar-refractivity contribution >= 4 is 11.7 Å². The van der Waals surface area contributed by atoms with Crippen LogP contribution in [0.15, 0.2) is 30.6 Å². The average Bonchev–Trinajstić information content (AvgIpc) is 2.64. The summed E-state index contributed by atoms with van der Waals surface area (Å²) in [4.78, 5) is 15.1. The quantitative estimate of drug-likeness (QED) is 0.746. The van der Waals surface area contributed by atoms with E-state index in [0.29, 0.717) is 11.4 Å². The number of carboxylic acids is 1. The Morgan fingerprint density at radius 3 is 2.81 bits per heavy atom. The monoisotopic (exact) mass is 217 g/mol. The maximum atomic E-state index is 11.1. The van der Waals surface area contributed by atoms with E-state index in [4.69, 9.17) is 10.8 Å². The van der Waals surface area contributed by atoms with Crippen LogP contribution in [-0.4, -0.2) is 20.6 Å². The van der Waals surface area contributed by atoms with Crippen LogP contribution in [0.25, 0.3) is 5.69 Å². The fourth-order valence-electron chi connectivity index (χ4n) is 1.57. The van der Waals surface area contributed by atoms with Crippen molar-refractivity contribution < 1.29 is 9.90 Å². The maximum absolute atomic E-state index is 11.1. The minimum Gasteiger partial charge on any atom is -0.478 e. The summed E-state index contributed by atoms with van der Waals surface area (Å²) >= 11 is 0. The van der Waals surface area contributed by atoms with Crippen LogP contribution in [0.2, 0.25) is 0 Å². The second-order valence-electron chi connectivity index (χ2n) is 3.43. The van der Waals surface area contributed by atoms with Crippen molar-refractivity contribution in [1.29, 1.82) is 0 Å². The van der Waals surface area contributed by atoms with Crippen LogP contribution in [-0.2, 0) is 0 Å². The minimum absolute atomic E-state index is 0.168. The number of rotatable bonds is 2. The van der Waals surface area contributed by atoms with Crippen LogP contribution in [0.1, 0.15) is 16.2 Å². The fourth-order valence-corrected chi connectivity index (χ4v) is 1.57. The maximum Gasteiger partial charge on any atom is 0.337 e. The van der Waals surface area contributed by atoms with Gasteiger partial charge in [0.2, 0.25) is 0 Å². The number of hydrogen-bond acceptors (Lipinski definition) is 3. The Morgan fingerprint density at radius 1 is 1.50 bits per heavy atom. The molecular weight excluding hydrogens is 206 g/mol. The van der Waals surface area contributed by atoms with Crippen molar-refractivity contribution in [3.8, 4) is 5.69 Å². The third-order valence-corrected chi connectivity index (χ3v) is 2.34. The van der Waals surface area contributed by atoms with E-state index in [2.05, 4.69) is 4.98 Å². The first kappa shape index (κ1) is 10.2. The van der Waals surface area contributed by atoms with Gasteiger partial charge in [0.1, 0.15) is 5.82 Å². The van der Waals surface area contributed by atoms with Gasteiger partial charge < -0.3 is 15.4 Å². The highest BCUT2D eigenvalue weighted by Crippen LogP contribution is 2.19. The van der Waals surface area contributed by atoms with E-state index in [1.54, 1.807) is 29.1 Å². The number of anilines is 1. The molecule has 0 spiro atoms. The summed E-state index contributed by atoms with van der Waals surface area (Å²) in [7, 11) is 0. The van der Waals surface area contributed by atoms with E-state index >= 15 is 0 Å². The van der Waals surface area contributed by atoms with Crippen molar-refractivity contribution in [1.82, 2.24) is 9.55 Å². The lowest BCUT2D eigenvalue weighted by atomic mass is 10.1. The molecule has 0 bridgehead atoms. The lowest BCUT2D eigenvalue weighted by Crippen LogP contribution is -2.07. The summed E-state index contributed by atoms with van der Waals surface area (Å²) in [5.41, 5.74) is 6.73. The third kappa shape index (κ3) is 1.63. The highest BCUT2D eigenvalue weighted by atomic mass is 16.4. The summed E-state index contributed by atoms with van der Waals surface area (Å²) in [5, 5.41) is 9.09. The number of benzene rings is 1. The molecule has 3 N–H and O–H groups in total. The zero-order chi connectivity index (χ0) is 11.7. The van der Waals surface area contributed by atoms with Gasteiger partial charge in [-0.1, -0.05) is 0 Å². The lowest BCUT2D eigenvalue weighted by molar-refractivity contribution is 0.0697. The van der Waals surface area contributed by atoms with Crippen molar-refractivity contribution in [2.75, 3.05) is 5.73 Å². The van der Waals surface area contributed by atoms with Gasteiger partial charge in [0.05, 0.1) is 11.3 Å². The summed E-state index contributed by atoms with van der Waals surface area (Å²) in [6.07, 6.45) is 3.34. The zero-order valence-corrected chi connectivity index (χ0v) is 8.71. The molecule has 1 aromatic heterocycles. The Bertz CT molecular complexity index is 546. The molecule has 0 saturated heterocycles. The van der Waals surface area contributed by atoms with Crippen LogP contribution < -0.4 is 5.73 Å². The normalized spacial score (nSPS) is 10.3. The van der Waals surface area contributed by atoms with E-state index in [-0.39, 0.29) is 5.56 Å². The molecule has 82 valence electrons. The predicted molar refractivity (Wildman–Crippen MR) is 59.7 cm³/mol. The van der Waals surface area contributed by atoms with Crippen molar-refractivity contribution in [2.24, 2.45) is 0 Å². The van der Waals surface area contributed by atoms with E-state index in [0.717, 1.165) is 5.82 Å². The predicted octanol–water partition coefficient (Wildman–Crippen LogP) is 1.46. The van der Waals surface area contributed by atoms with E-state index in [9.17, 15) is 4.79 Å². The van der Waals surface area contributed by atoms with Crippen LogP contribution in [0.3, 0.4) is 0 Å².